The second-order valence-corrected chi connectivity index (χ2v) is 8.45. The van der Waals surface area contributed by atoms with Crippen molar-refractivity contribution in [3.8, 4) is 5.88 Å². The smallest absolute Gasteiger partial charge is 0.405 e. The third-order valence-corrected chi connectivity index (χ3v) is 6.29. The summed E-state index contributed by atoms with van der Waals surface area (Å²) in [5, 5.41) is 4.85. The van der Waals surface area contributed by atoms with Gasteiger partial charge < -0.3 is 15.4 Å². The zero-order valence-electron chi connectivity index (χ0n) is 18.1. The molecular formula is C23H25F3N4O3. The molecule has 0 radical (unpaired) electrons. The molecule has 1 unspecified atom stereocenters. The van der Waals surface area contributed by atoms with Gasteiger partial charge in [-0.15, -0.1) is 0 Å². The van der Waals surface area contributed by atoms with Gasteiger partial charge in [0.1, 0.15) is 6.54 Å². The van der Waals surface area contributed by atoms with Gasteiger partial charge in [0, 0.05) is 18.7 Å². The highest BCUT2D eigenvalue weighted by Crippen LogP contribution is 2.46. The van der Waals surface area contributed by atoms with Crippen molar-refractivity contribution in [3.05, 3.63) is 53.7 Å². The summed E-state index contributed by atoms with van der Waals surface area (Å²) in [4.78, 5) is 31.8. The number of hydrogen-bond acceptors (Lipinski definition) is 5. The van der Waals surface area contributed by atoms with E-state index < -0.39 is 24.0 Å². The van der Waals surface area contributed by atoms with Crippen molar-refractivity contribution in [2.24, 2.45) is 0 Å². The van der Waals surface area contributed by atoms with Crippen molar-refractivity contribution in [1.82, 2.24) is 15.2 Å². The Morgan fingerprint density at radius 3 is 2.73 bits per heavy atom. The highest BCUT2D eigenvalue weighted by molar-refractivity contribution is 6.05. The molecule has 1 aromatic heterocycles. The molecule has 176 valence electrons. The molecule has 2 aliphatic heterocycles. The summed E-state index contributed by atoms with van der Waals surface area (Å²) in [6, 6.07) is 12.8. The van der Waals surface area contributed by atoms with Crippen LogP contribution in [0.15, 0.2) is 42.5 Å². The average Bonchev–Trinajstić information content (AvgIpc) is 3.04. The monoisotopic (exact) mass is 462 g/mol. The van der Waals surface area contributed by atoms with Gasteiger partial charge in [0.25, 0.3) is 0 Å². The Morgan fingerprint density at radius 1 is 1.27 bits per heavy atom. The summed E-state index contributed by atoms with van der Waals surface area (Å²) >= 11 is 0. The highest BCUT2D eigenvalue weighted by Gasteiger charge is 2.52. The molecule has 0 aliphatic carbocycles. The van der Waals surface area contributed by atoms with Crippen molar-refractivity contribution in [1.29, 1.82) is 0 Å². The molecule has 2 aliphatic rings. The minimum absolute atomic E-state index is 0.155. The summed E-state index contributed by atoms with van der Waals surface area (Å²) < 4.78 is 42.8. The number of amides is 2. The number of benzene rings is 1. The molecule has 10 heteroatoms. The largest absolute Gasteiger partial charge is 0.481 e. The minimum atomic E-state index is -4.47. The van der Waals surface area contributed by atoms with E-state index in [-0.39, 0.29) is 18.5 Å². The number of aromatic nitrogens is 1. The number of piperidine rings is 1. The van der Waals surface area contributed by atoms with Crippen LogP contribution in [0.2, 0.25) is 0 Å². The molecule has 1 saturated heterocycles. The fourth-order valence-corrected chi connectivity index (χ4v) is 4.68. The summed E-state index contributed by atoms with van der Waals surface area (Å²) in [5.74, 6) is -0.451. The first-order chi connectivity index (χ1) is 15.7. The van der Waals surface area contributed by atoms with Gasteiger partial charge in [0.15, 0.2) is 0 Å². The van der Waals surface area contributed by atoms with Gasteiger partial charge >= 0.3 is 6.18 Å². The number of ether oxygens (including phenoxy) is 1. The molecule has 4 rings (SSSR count). The number of anilines is 1. The van der Waals surface area contributed by atoms with Crippen LogP contribution in [0.5, 0.6) is 5.88 Å². The van der Waals surface area contributed by atoms with Gasteiger partial charge in [0.2, 0.25) is 17.7 Å². The first-order valence-corrected chi connectivity index (χ1v) is 10.7. The predicted molar refractivity (Wildman–Crippen MR) is 115 cm³/mol. The normalized spacial score (nSPS) is 22.7. The number of alkyl halides is 3. The fraction of sp³-hybridized carbons (Fsp3) is 0.435. The maximum Gasteiger partial charge on any atom is 0.405 e. The number of fused-ring (bicyclic) bond motifs is 2. The van der Waals surface area contributed by atoms with Gasteiger partial charge in [-0.05, 0) is 30.9 Å². The Kier molecular flexibility index (Phi) is 6.29. The van der Waals surface area contributed by atoms with Gasteiger partial charge in [-0.3, -0.25) is 14.5 Å². The van der Waals surface area contributed by atoms with Crippen molar-refractivity contribution in [2.75, 3.05) is 32.1 Å². The van der Waals surface area contributed by atoms with Gasteiger partial charge in [-0.25, -0.2) is 4.98 Å². The Balaban J connectivity index is 1.59. The Labute approximate surface area is 189 Å². The lowest BCUT2D eigenvalue weighted by Crippen LogP contribution is -2.55. The summed E-state index contributed by atoms with van der Waals surface area (Å²) in [7, 11) is 1.51. The molecule has 1 fully saturated rings. The summed E-state index contributed by atoms with van der Waals surface area (Å²) in [6.45, 7) is -1.18. The van der Waals surface area contributed by atoms with E-state index in [0.29, 0.717) is 43.1 Å². The number of nitrogens with one attached hydrogen (secondary N) is 2. The van der Waals surface area contributed by atoms with E-state index in [1.54, 1.807) is 12.1 Å². The molecule has 0 saturated carbocycles. The average molecular weight is 462 g/mol. The van der Waals surface area contributed by atoms with Crippen LogP contribution in [0.1, 0.15) is 24.1 Å². The Hall–Kier alpha value is -3.14. The van der Waals surface area contributed by atoms with Crippen LogP contribution in [0.4, 0.5) is 18.9 Å². The number of carbonyl (C=O) groups excluding carboxylic acids is 2. The van der Waals surface area contributed by atoms with Crippen LogP contribution < -0.4 is 15.4 Å². The number of carbonyl (C=O) groups is 2. The van der Waals surface area contributed by atoms with Crippen molar-refractivity contribution in [3.63, 3.8) is 0 Å². The van der Waals surface area contributed by atoms with Crippen LogP contribution in [0.3, 0.4) is 0 Å². The second kappa shape index (κ2) is 9.01. The van der Waals surface area contributed by atoms with Crippen LogP contribution >= 0.6 is 0 Å². The van der Waals surface area contributed by atoms with Crippen LogP contribution in [0.25, 0.3) is 0 Å². The summed E-state index contributed by atoms with van der Waals surface area (Å²) in [5.41, 5.74) is 1.38. The predicted octanol–water partition coefficient (Wildman–Crippen LogP) is 2.67. The molecule has 2 atom stereocenters. The lowest BCUT2D eigenvalue weighted by molar-refractivity contribution is -0.140. The third kappa shape index (κ3) is 4.95. The zero-order chi connectivity index (χ0) is 23.6. The van der Waals surface area contributed by atoms with E-state index in [9.17, 15) is 22.8 Å². The van der Waals surface area contributed by atoms with E-state index in [2.05, 4.69) is 10.3 Å². The quantitative estimate of drug-likeness (QED) is 0.690. The zero-order valence-corrected chi connectivity index (χ0v) is 18.1. The van der Waals surface area contributed by atoms with Crippen LogP contribution in [0, 0.1) is 0 Å². The van der Waals surface area contributed by atoms with E-state index >= 15 is 0 Å². The third-order valence-electron chi connectivity index (χ3n) is 6.29. The maximum absolute atomic E-state index is 13.1. The minimum Gasteiger partial charge on any atom is -0.481 e. The number of rotatable bonds is 6. The molecule has 2 N–H and O–H groups in total. The molecule has 2 amide bonds. The number of likely N-dealkylation sites (tertiary alicyclic amines) is 1. The topological polar surface area (TPSA) is 83.6 Å². The number of hydrogen-bond donors (Lipinski definition) is 2. The SMILES string of the molecule is COc1ccc2c(n1)C1(CCN(CC(=O)NCC(F)(F)F)[C@H](Cc3ccccc3)C1)C(=O)N2. The first kappa shape index (κ1) is 23.0. The van der Waals surface area contributed by atoms with Gasteiger partial charge in [0.05, 0.1) is 30.5 Å². The fourth-order valence-electron chi connectivity index (χ4n) is 4.68. The molecule has 3 heterocycles. The first-order valence-electron chi connectivity index (χ1n) is 10.7. The maximum atomic E-state index is 13.1. The molecular weight excluding hydrogens is 437 g/mol. The van der Waals surface area contributed by atoms with E-state index in [4.69, 9.17) is 4.74 Å². The van der Waals surface area contributed by atoms with Crippen LogP contribution in [-0.4, -0.2) is 60.7 Å². The van der Waals surface area contributed by atoms with Gasteiger partial charge in [-0.1, -0.05) is 30.3 Å². The van der Waals surface area contributed by atoms with Crippen molar-refractivity contribution < 1.29 is 27.5 Å². The number of methoxy groups -OCH3 is 1. The standard InChI is InChI=1S/C23H25F3N4O3/c1-33-19-8-7-17-20(29-19)22(21(32)28-17)9-10-30(13-18(31)27-14-23(24,25)26)16(12-22)11-15-5-3-2-4-6-15/h2-8,16H,9-14H2,1H3,(H,27,31)(H,28,32)/t16-,22?/m1/s1. The Bertz CT molecular complexity index is 1030. The van der Waals surface area contributed by atoms with E-state index in [0.717, 1.165) is 5.56 Å². The summed E-state index contributed by atoms with van der Waals surface area (Å²) in [6.07, 6.45) is -3.15. The van der Waals surface area contributed by atoms with Crippen molar-refractivity contribution in [2.45, 2.75) is 36.9 Å². The lowest BCUT2D eigenvalue weighted by atomic mass is 9.72. The molecule has 1 spiro atoms. The lowest BCUT2D eigenvalue weighted by Gasteiger charge is -2.43. The number of nitrogens with zero attached hydrogens (tertiary/aromatic N) is 2. The molecule has 0 bridgehead atoms. The molecule has 33 heavy (non-hydrogen) atoms. The second-order valence-electron chi connectivity index (χ2n) is 8.45. The van der Waals surface area contributed by atoms with E-state index in [1.807, 2.05) is 40.5 Å². The van der Waals surface area contributed by atoms with Crippen molar-refractivity contribution >= 4 is 17.5 Å². The molecule has 7 nitrogen and oxygen atoms in total. The number of pyridine rings is 1. The molecule has 1 aromatic carbocycles. The highest BCUT2D eigenvalue weighted by atomic mass is 19.4. The van der Waals surface area contributed by atoms with Gasteiger partial charge in [-0.2, -0.15) is 13.2 Å². The Morgan fingerprint density at radius 2 is 2.03 bits per heavy atom. The molecule has 2 aromatic rings. The van der Waals surface area contributed by atoms with E-state index in [1.165, 1.54) is 7.11 Å². The van der Waals surface area contributed by atoms with Crippen LogP contribution in [-0.2, 0) is 21.4 Å². The number of halogens is 3.